The van der Waals surface area contributed by atoms with E-state index in [0.717, 1.165) is 17.0 Å². The zero-order valence-electron chi connectivity index (χ0n) is 10.7. The van der Waals surface area contributed by atoms with Crippen LogP contribution < -0.4 is 10.1 Å². The molecule has 0 radical (unpaired) electrons. The van der Waals surface area contributed by atoms with Gasteiger partial charge in [0.2, 0.25) is 0 Å². The van der Waals surface area contributed by atoms with Crippen LogP contribution in [0.2, 0.25) is 0 Å². The maximum Gasteiger partial charge on any atom is 0.265 e. The van der Waals surface area contributed by atoms with E-state index in [1.807, 2.05) is 55.5 Å². The summed E-state index contributed by atoms with van der Waals surface area (Å²) in [6, 6.07) is 15.5. The number of anilines is 1. The topological polar surface area (TPSA) is 38.3 Å². The van der Waals surface area contributed by atoms with Crippen LogP contribution in [0.5, 0.6) is 5.75 Å². The number of ether oxygens (including phenoxy) is 1. The smallest absolute Gasteiger partial charge is 0.265 e. The fourth-order valence-corrected chi connectivity index (χ4v) is 2.19. The highest BCUT2D eigenvalue weighted by Crippen LogP contribution is 2.28. The first-order valence-electron chi connectivity index (χ1n) is 6.34. The number of aryl methyl sites for hydroxylation is 1. The van der Waals surface area contributed by atoms with Crippen LogP contribution in [0, 0.1) is 6.92 Å². The van der Waals surface area contributed by atoms with Gasteiger partial charge in [-0.3, -0.25) is 4.79 Å². The van der Waals surface area contributed by atoms with E-state index in [-0.39, 0.29) is 5.91 Å². The Labute approximate surface area is 112 Å². The summed E-state index contributed by atoms with van der Waals surface area (Å²) in [5.74, 6) is 0.714. The lowest BCUT2D eigenvalue weighted by atomic mass is 10.1. The van der Waals surface area contributed by atoms with Crippen molar-refractivity contribution in [2.75, 3.05) is 5.32 Å². The molecule has 1 atom stereocenters. The standard InChI is InChI=1S/C16H15NO2/c1-11-6-8-13(9-7-11)17-16(18)15-10-12-4-2-3-5-14(12)19-15/h2-9,15H,10H2,1H3,(H,17,18). The molecule has 19 heavy (non-hydrogen) atoms. The maximum atomic E-state index is 12.1. The number of para-hydroxylation sites is 1. The van der Waals surface area contributed by atoms with E-state index in [1.165, 1.54) is 5.56 Å². The molecule has 1 heterocycles. The van der Waals surface area contributed by atoms with E-state index in [2.05, 4.69) is 5.32 Å². The molecule has 96 valence electrons. The van der Waals surface area contributed by atoms with Gasteiger partial charge in [0.1, 0.15) is 5.75 Å². The van der Waals surface area contributed by atoms with E-state index in [1.54, 1.807) is 0 Å². The largest absolute Gasteiger partial charge is 0.480 e. The molecular weight excluding hydrogens is 238 g/mol. The third-order valence-corrected chi connectivity index (χ3v) is 3.26. The second kappa shape index (κ2) is 4.76. The van der Waals surface area contributed by atoms with Crippen molar-refractivity contribution in [2.45, 2.75) is 19.4 Å². The summed E-state index contributed by atoms with van der Waals surface area (Å²) in [4.78, 5) is 12.1. The number of fused-ring (bicyclic) bond motifs is 1. The predicted molar refractivity (Wildman–Crippen MR) is 74.4 cm³/mol. The number of carbonyl (C=O) groups is 1. The third-order valence-electron chi connectivity index (χ3n) is 3.26. The quantitative estimate of drug-likeness (QED) is 0.893. The van der Waals surface area contributed by atoms with Gasteiger partial charge in [-0.05, 0) is 30.7 Å². The molecule has 0 bridgehead atoms. The molecule has 0 aromatic heterocycles. The first-order chi connectivity index (χ1) is 9.22. The minimum absolute atomic E-state index is 0.0972. The Kier molecular flexibility index (Phi) is 2.95. The Bertz CT molecular complexity index is 579. The molecule has 0 saturated heterocycles. The lowest BCUT2D eigenvalue weighted by Crippen LogP contribution is -2.31. The molecule has 0 saturated carbocycles. The number of nitrogens with one attached hydrogen (secondary N) is 1. The summed E-state index contributed by atoms with van der Waals surface area (Å²) in [6.07, 6.45) is 0.201. The highest BCUT2D eigenvalue weighted by atomic mass is 16.5. The third kappa shape index (κ3) is 2.45. The van der Waals surface area contributed by atoms with Crippen molar-refractivity contribution in [3.63, 3.8) is 0 Å². The SMILES string of the molecule is Cc1ccc(NC(=O)C2Cc3ccccc3O2)cc1. The minimum Gasteiger partial charge on any atom is -0.480 e. The van der Waals surface area contributed by atoms with Crippen LogP contribution in [0.1, 0.15) is 11.1 Å². The highest BCUT2D eigenvalue weighted by molar-refractivity contribution is 5.95. The van der Waals surface area contributed by atoms with Crippen LogP contribution in [0.15, 0.2) is 48.5 Å². The Hall–Kier alpha value is -2.29. The number of rotatable bonds is 2. The van der Waals surface area contributed by atoms with Gasteiger partial charge in [0.05, 0.1) is 0 Å². The lowest BCUT2D eigenvalue weighted by Gasteiger charge is -2.11. The Morgan fingerprint density at radius 2 is 1.89 bits per heavy atom. The average Bonchev–Trinajstić information content (AvgIpc) is 2.85. The van der Waals surface area contributed by atoms with Gasteiger partial charge < -0.3 is 10.1 Å². The Morgan fingerprint density at radius 3 is 2.63 bits per heavy atom. The zero-order chi connectivity index (χ0) is 13.2. The van der Waals surface area contributed by atoms with Crippen LogP contribution in [-0.2, 0) is 11.2 Å². The fraction of sp³-hybridized carbons (Fsp3) is 0.188. The van der Waals surface area contributed by atoms with Gasteiger partial charge in [0.15, 0.2) is 6.10 Å². The second-order valence-electron chi connectivity index (χ2n) is 4.77. The molecule has 2 aromatic rings. The molecule has 1 N–H and O–H groups in total. The molecule has 3 nitrogen and oxygen atoms in total. The van der Waals surface area contributed by atoms with Crippen LogP contribution >= 0.6 is 0 Å². The lowest BCUT2D eigenvalue weighted by molar-refractivity contribution is -0.122. The van der Waals surface area contributed by atoms with Crippen LogP contribution in [0.4, 0.5) is 5.69 Å². The predicted octanol–water partition coefficient (Wildman–Crippen LogP) is 2.94. The Morgan fingerprint density at radius 1 is 1.16 bits per heavy atom. The Balaban J connectivity index is 1.68. The van der Waals surface area contributed by atoms with E-state index in [0.29, 0.717) is 6.42 Å². The van der Waals surface area contributed by atoms with Crippen molar-refractivity contribution < 1.29 is 9.53 Å². The molecule has 1 aliphatic rings. The van der Waals surface area contributed by atoms with E-state index >= 15 is 0 Å². The summed E-state index contributed by atoms with van der Waals surface area (Å²) in [6.45, 7) is 2.02. The molecule has 1 unspecified atom stereocenters. The second-order valence-corrected chi connectivity index (χ2v) is 4.77. The normalized spacial score (nSPS) is 16.6. The average molecular weight is 253 g/mol. The van der Waals surface area contributed by atoms with Gasteiger partial charge in [-0.25, -0.2) is 0 Å². The molecule has 3 rings (SSSR count). The highest BCUT2D eigenvalue weighted by Gasteiger charge is 2.28. The number of hydrogen-bond acceptors (Lipinski definition) is 2. The van der Waals surface area contributed by atoms with Crippen molar-refractivity contribution in [3.05, 3.63) is 59.7 Å². The molecule has 0 fully saturated rings. The summed E-state index contributed by atoms with van der Waals surface area (Å²) < 4.78 is 5.65. The van der Waals surface area contributed by atoms with Gasteiger partial charge in [-0.2, -0.15) is 0 Å². The van der Waals surface area contributed by atoms with Crippen LogP contribution in [0.3, 0.4) is 0 Å². The summed E-state index contributed by atoms with van der Waals surface area (Å²) in [5, 5.41) is 2.88. The number of carbonyl (C=O) groups excluding carboxylic acids is 1. The zero-order valence-corrected chi connectivity index (χ0v) is 10.7. The number of benzene rings is 2. The van der Waals surface area contributed by atoms with Crippen LogP contribution in [0.25, 0.3) is 0 Å². The molecule has 2 aromatic carbocycles. The van der Waals surface area contributed by atoms with Gasteiger partial charge >= 0.3 is 0 Å². The monoisotopic (exact) mass is 253 g/mol. The summed E-state index contributed by atoms with van der Waals surface area (Å²) in [5.41, 5.74) is 3.06. The van der Waals surface area contributed by atoms with Crippen molar-refractivity contribution in [1.29, 1.82) is 0 Å². The van der Waals surface area contributed by atoms with E-state index in [9.17, 15) is 4.79 Å². The molecule has 0 aliphatic carbocycles. The van der Waals surface area contributed by atoms with E-state index in [4.69, 9.17) is 4.74 Å². The maximum absolute atomic E-state index is 12.1. The number of hydrogen-bond donors (Lipinski definition) is 1. The van der Waals surface area contributed by atoms with Crippen molar-refractivity contribution >= 4 is 11.6 Å². The van der Waals surface area contributed by atoms with Crippen molar-refractivity contribution in [1.82, 2.24) is 0 Å². The molecule has 0 spiro atoms. The van der Waals surface area contributed by atoms with Crippen molar-refractivity contribution in [3.8, 4) is 5.75 Å². The summed E-state index contributed by atoms with van der Waals surface area (Å²) in [7, 11) is 0. The fourth-order valence-electron chi connectivity index (χ4n) is 2.19. The number of amides is 1. The van der Waals surface area contributed by atoms with Gasteiger partial charge in [0.25, 0.3) is 5.91 Å². The van der Waals surface area contributed by atoms with Gasteiger partial charge in [-0.15, -0.1) is 0 Å². The molecule has 1 aliphatic heterocycles. The first-order valence-corrected chi connectivity index (χ1v) is 6.34. The minimum atomic E-state index is -0.432. The van der Waals surface area contributed by atoms with Crippen molar-refractivity contribution in [2.24, 2.45) is 0 Å². The van der Waals surface area contributed by atoms with Gasteiger partial charge in [-0.1, -0.05) is 35.9 Å². The van der Waals surface area contributed by atoms with E-state index < -0.39 is 6.10 Å². The first kappa shape index (κ1) is 11.8. The van der Waals surface area contributed by atoms with Gasteiger partial charge in [0, 0.05) is 12.1 Å². The molecule has 3 heteroatoms. The van der Waals surface area contributed by atoms with Crippen LogP contribution in [-0.4, -0.2) is 12.0 Å². The molecular formula is C16H15NO2. The summed E-state index contributed by atoms with van der Waals surface area (Å²) >= 11 is 0. The molecule has 1 amide bonds.